The molecule has 5 nitrogen and oxygen atoms in total. The highest BCUT2D eigenvalue weighted by molar-refractivity contribution is 6.01. The SMILES string of the molecule is CC(=O)/C=C/C1=C(CCC(=O)O)C(=O)CC1O. The smallest absolute Gasteiger partial charge is 0.303 e. The fourth-order valence-electron chi connectivity index (χ4n) is 1.71. The number of ketones is 2. The molecule has 1 atom stereocenters. The van der Waals surface area contributed by atoms with Crippen LogP contribution in [0.2, 0.25) is 0 Å². The number of hydrogen-bond donors (Lipinski definition) is 2. The zero-order valence-corrected chi connectivity index (χ0v) is 9.47. The number of aliphatic hydroxyl groups is 1. The Bertz CT molecular complexity index is 417. The number of carbonyl (C=O) groups excluding carboxylic acids is 2. The van der Waals surface area contributed by atoms with Gasteiger partial charge in [-0.05, 0) is 25.0 Å². The molecule has 0 saturated carbocycles. The molecule has 0 spiro atoms. The summed E-state index contributed by atoms with van der Waals surface area (Å²) < 4.78 is 0. The van der Waals surface area contributed by atoms with Gasteiger partial charge in [0, 0.05) is 18.4 Å². The van der Waals surface area contributed by atoms with Crippen molar-refractivity contribution in [2.75, 3.05) is 0 Å². The van der Waals surface area contributed by atoms with Gasteiger partial charge in [0.2, 0.25) is 0 Å². The molecule has 0 bridgehead atoms. The molecule has 0 aromatic heterocycles. The van der Waals surface area contributed by atoms with Crippen LogP contribution in [-0.2, 0) is 14.4 Å². The second-order valence-electron chi connectivity index (χ2n) is 3.91. The van der Waals surface area contributed by atoms with Gasteiger partial charge >= 0.3 is 5.97 Å². The van der Waals surface area contributed by atoms with E-state index < -0.39 is 12.1 Å². The normalized spacial score (nSPS) is 20.4. The van der Waals surface area contributed by atoms with E-state index in [0.717, 1.165) is 0 Å². The van der Waals surface area contributed by atoms with Gasteiger partial charge in [-0.1, -0.05) is 6.08 Å². The Morgan fingerprint density at radius 1 is 1.47 bits per heavy atom. The van der Waals surface area contributed by atoms with Crippen LogP contribution in [0.3, 0.4) is 0 Å². The molecule has 1 rings (SSSR count). The van der Waals surface area contributed by atoms with Crippen molar-refractivity contribution < 1.29 is 24.6 Å². The third-order valence-corrected chi connectivity index (χ3v) is 2.51. The first kappa shape index (κ1) is 13.3. The summed E-state index contributed by atoms with van der Waals surface area (Å²) >= 11 is 0. The van der Waals surface area contributed by atoms with Crippen molar-refractivity contribution in [3.8, 4) is 0 Å². The van der Waals surface area contributed by atoms with Gasteiger partial charge in [0.25, 0.3) is 0 Å². The Balaban J connectivity index is 2.92. The molecule has 1 aliphatic carbocycles. The first-order chi connectivity index (χ1) is 7.91. The largest absolute Gasteiger partial charge is 0.481 e. The second-order valence-corrected chi connectivity index (χ2v) is 3.91. The minimum atomic E-state index is -0.999. The van der Waals surface area contributed by atoms with E-state index in [4.69, 9.17) is 5.11 Å². The zero-order valence-electron chi connectivity index (χ0n) is 9.47. The van der Waals surface area contributed by atoms with Gasteiger partial charge in [-0.3, -0.25) is 14.4 Å². The van der Waals surface area contributed by atoms with Crippen molar-refractivity contribution in [1.82, 2.24) is 0 Å². The molecular formula is C12H14O5. The molecule has 5 heteroatoms. The van der Waals surface area contributed by atoms with E-state index in [1.807, 2.05) is 0 Å². The predicted octanol–water partition coefficient (Wildman–Crippen LogP) is 0.627. The predicted molar refractivity (Wildman–Crippen MR) is 59.3 cm³/mol. The van der Waals surface area contributed by atoms with Crippen LogP contribution in [0.15, 0.2) is 23.3 Å². The molecule has 17 heavy (non-hydrogen) atoms. The summed E-state index contributed by atoms with van der Waals surface area (Å²) in [6.07, 6.45) is 1.62. The Kier molecular flexibility index (Phi) is 4.34. The molecule has 0 heterocycles. The summed E-state index contributed by atoms with van der Waals surface area (Å²) in [4.78, 5) is 32.8. The van der Waals surface area contributed by atoms with Crippen LogP contribution in [-0.4, -0.2) is 33.9 Å². The number of aliphatic hydroxyl groups excluding tert-OH is 1. The first-order valence-electron chi connectivity index (χ1n) is 5.26. The molecular weight excluding hydrogens is 224 g/mol. The van der Waals surface area contributed by atoms with Crippen LogP contribution in [0.25, 0.3) is 0 Å². The van der Waals surface area contributed by atoms with E-state index in [1.165, 1.54) is 19.1 Å². The molecule has 2 N–H and O–H groups in total. The van der Waals surface area contributed by atoms with Gasteiger partial charge < -0.3 is 10.2 Å². The number of carboxylic acid groups (broad SMARTS) is 1. The molecule has 92 valence electrons. The topological polar surface area (TPSA) is 91.7 Å². The van der Waals surface area contributed by atoms with E-state index in [2.05, 4.69) is 0 Å². The second kappa shape index (κ2) is 5.54. The van der Waals surface area contributed by atoms with Crippen molar-refractivity contribution in [2.45, 2.75) is 32.3 Å². The van der Waals surface area contributed by atoms with E-state index in [0.29, 0.717) is 11.1 Å². The fraction of sp³-hybridized carbons (Fsp3) is 0.417. The third kappa shape index (κ3) is 3.64. The van der Waals surface area contributed by atoms with Crippen LogP contribution in [0.1, 0.15) is 26.2 Å². The number of Topliss-reactive ketones (excluding diaryl/α,β-unsaturated/α-hetero) is 1. The first-order valence-corrected chi connectivity index (χ1v) is 5.26. The lowest BCUT2D eigenvalue weighted by atomic mass is 10.0. The van der Waals surface area contributed by atoms with Gasteiger partial charge in [-0.15, -0.1) is 0 Å². The highest BCUT2D eigenvalue weighted by Crippen LogP contribution is 2.27. The van der Waals surface area contributed by atoms with Crippen LogP contribution in [0, 0.1) is 0 Å². The lowest BCUT2D eigenvalue weighted by molar-refractivity contribution is -0.137. The zero-order chi connectivity index (χ0) is 13.0. The minimum absolute atomic E-state index is 0.0352. The summed E-state index contributed by atoms with van der Waals surface area (Å²) in [7, 11) is 0. The van der Waals surface area contributed by atoms with Gasteiger partial charge in [-0.2, -0.15) is 0 Å². The van der Waals surface area contributed by atoms with E-state index >= 15 is 0 Å². The van der Waals surface area contributed by atoms with Crippen LogP contribution in [0.4, 0.5) is 0 Å². The maximum absolute atomic E-state index is 11.5. The number of carbonyl (C=O) groups is 3. The number of allylic oxidation sites excluding steroid dienone is 2. The summed E-state index contributed by atoms with van der Waals surface area (Å²) in [5, 5.41) is 18.2. The van der Waals surface area contributed by atoms with E-state index in [1.54, 1.807) is 0 Å². The number of aliphatic carboxylic acids is 1. The summed E-state index contributed by atoms with van der Waals surface area (Å²) in [6.45, 7) is 1.36. The molecule has 0 aromatic carbocycles. The number of carboxylic acids is 1. The third-order valence-electron chi connectivity index (χ3n) is 2.51. The number of rotatable bonds is 5. The maximum atomic E-state index is 11.5. The Hall–Kier alpha value is -1.75. The number of hydrogen-bond acceptors (Lipinski definition) is 4. The van der Waals surface area contributed by atoms with Crippen molar-refractivity contribution >= 4 is 17.5 Å². The molecule has 0 aliphatic heterocycles. The van der Waals surface area contributed by atoms with Gasteiger partial charge in [0.05, 0.1) is 6.10 Å². The molecule has 0 radical (unpaired) electrons. The van der Waals surface area contributed by atoms with Crippen molar-refractivity contribution in [1.29, 1.82) is 0 Å². The standard InChI is InChI=1S/C12H14O5/c1-7(13)2-3-8-9(4-5-12(16)17)11(15)6-10(8)14/h2-3,10,14H,4-6H2,1H3,(H,16,17)/b3-2+. The van der Waals surface area contributed by atoms with Crippen molar-refractivity contribution in [2.24, 2.45) is 0 Å². The molecule has 1 aliphatic rings. The van der Waals surface area contributed by atoms with E-state index in [-0.39, 0.29) is 30.8 Å². The average Bonchev–Trinajstić information content (AvgIpc) is 2.47. The summed E-state index contributed by atoms with van der Waals surface area (Å²) in [6, 6.07) is 0. The monoisotopic (exact) mass is 238 g/mol. The van der Waals surface area contributed by atoms with Crippen molar-refractivity contribution in [3.05, 3.63) is 23.3 Å². The molecule has 0 aromatic rings. The Labute approximate surface area is 98.4 Å². The van der Waals surface area contributed by atoms with Crippen LogP contribution >= 0.6 is 0 Å². The lowest BCUT2D eigenvalue weighted by Gasteiger charge is -2.03. The maximum Gasteiger partial charge on any atom is 0.303 e. The molecule has 0 amide bonds. The summed E-state index contributed by atoms with van der Waals surface area (Å²) in [5.74, 6) is -1.44. The van der Waals surface area contributed by atoms with E-state index in [9.17, 15) is 19.5 Å². The van der Waals surface area contributed by atoms with Gasteiger partial charge in [-0.25, -0.2) is 0 Å². The van der Waals surface area contributed by atoms with Gasteiger partial charge in [0.15, 0.2) is 11.6 Å². The van der Waals surface area contributed by atoms with Crippen LogP contribution in [0.5, 0.6) is 0 Å². The lowest BCUT2D eigenvalue weighted by Crippen LogP contribution is -2.04. The molecule has 1 unspecified atom stereocenters. The van der Waals surface area contributed by atoms with Crippen LogP contribution < -0.4 is 0 Å². The molecule has 0 fully saturated rings. The highest BCUT2D eigenvalue weighted by Gasteiger charge is 2.29. The Morgan fingerprint density at radius 2 is 2.12 bits per heavy atom. The molecule has 0 saturated heterocycles. The minimum Gasteiger partial charge on any atom is -0.481 e. The van der Waals surface area contributed by atoms with Gasteiger partial charge in [0.1, 0.15) is 0 Å². The highest BCUT2D eigenvalue weighted by atomic mass is 16.4. The summed E-state index contributed by atoms with van der Waals surface area (Å²) in [5.41, 5.74) is 0.684. The van der Waals surface area contributed by atoms with Crippen molar-refractivity contribution in [3.63, 3.8) is 0 Å². The Morgan fingerprint density at radius 3 is 2.65 bits per heavy atom. The average molecular weight is 238 g/mol. The fourth-order valence-corrected chi connectivity index (χ4v) is 1.71. The quantitative estimate of drug-likeness (QED) is 0.685.